The van der Waals surface area contributed by atoms with Gasteiger partial charge in [0.2, 0.25) is 0 Å². The van der Waals surface area contributed by atoms with Crippen LogP contribution in [-0.4, -0.2) is 28.7 Å². The Morgan fingerprint density at radius 1 is 0.828 bits per heavy atom. The monoisotopic (exact) mass is 405 g/mol. The SMILES string of the molecule is O=C(Oc1ccccc1Cl)[C@H](Cc1ccccc1)N1C(=O)c2ccccc2C1=O. The van der Waals surface area contributed by atoms with E-state index in [2.05, 4.69) is 0 Å². The lowest BCUT2D eigenvalue weighted by molar-refractivity contribution is -0.138. The minimum absolute atomic E-state index is 0.135. The Morgan fingerprint density at radius 3 is 2.00 bits per heavy atom. The molecule has 0 saturated heterocycles. The number of carbonyl (C=O) groups is 3. The molecule has 0 spiro atoms. The first-order valence-corrected chi connectivity index (χ1v) is 9.41. The van der Waals surface area contributed by atoms with Gasteiger partial charge in [0.1, 0.15) is 11.8 Å². The molecular weight excluding hydrogens is 390 g/mol. The Balaban J connectivity index is 1.69. The summed E-state index contributed by atoms with van der Waals surface area (Å²) < 4.78 is 5.47. The summed E-state index contributed by atoms with van der Waals surface area (Å²) in [6.45, 7) is 0. The van der Waals surface area contributed by atoms with Crippen molar-refractivity contribution in [3.8, 4) is 5.75 Å². The maximum Gasteiger partial charge on any atom is 0.335 e. The maximum atomic E-state index is 13.1. The zero-order valence-corrected chi connectivity index (χ0v) is 16.0. The van der Waals surface area contributed by atoms with E-state index in [9.17, 15) is 14.4 Å². The van der Waals surface area contributed by atoms with Gasteiger partial charge in [-0.3, -0.25) is 14.5 Å². The summed E-state index contributed by atoms with van der Waals surface area (Å²) in [6.07, 6.45) is 0.135. The number of carbonyl (C=O) groups excluding carboxylic acids is 3. The van der Waals surface area contributed by atoms with Crippen LogP contribution in [0, 0.1) is 0 Å². The number of benzene rings is 3. The highest BCUT2D eigenvalue weighted by Gasteiger charge is 2.43. The summed E-state index contributed by atoms with van der Waals surface area (Å²) in [5.74, 6) is -1.57. The van der Waals surface area contributed by atoms with E-state index in [4.69, 9.17) is 16.3 Å². The van der Waals surface area contributed by atoms with Crippen LogP contribution < -0.4 is 4.74 Å². The van der Waals surface area contributed by atoms with Crippen molar-refractivity contribution >= 4 is 29.4 Å². The molecule has 144 valence electrons. The third-order valence-corrected chi connectivity index (χ3v) is 5.04. The van der Waals surface area contributed by atoms with E-state index < -0.39 is 23.8 Å². The van der Waals surface area contributed by atoms with Gasteiger partial charge in [-0.15, -0.1) is 0 Å². The van der Waals surface area contributed by atoms with E-state index in [0.717, 1.165) is 10.5 Å². The fourth-order valence-electron chi connectivity index (χ4n) is 3.31. The molecule has 0 radical (unpaired) electrons. The van der Waals surface area contributed by atoms with Gasteiger partial charge in [-0.05, 0) is 29.8 Å². The van der Waals surface area contributed by atoms with Crippen molar-refractivity contribution < 1.29 is 19.1 Å². The topological polar surface area (TPSA) is 63.7 Å². The van der Waals surface area contributed by atoms with Crippen LogP contribution in [0.4, 0.5) is 0 Å². The number of rotatable bonds is 5. The van der Waals surface area contributed by atoms with Gasteiger partial charge in [0, 0.05) is 6.42 Å². The number of amides is 2. The molecule has 0 N–H and O–H groups in total. The largest absolute Gasteiger partial charge is 0.423 e. The number of esters is 1. The zero-order chi connectivity index (χ0) is 20.4. The first-order valence-electron chi connectivity index (χ1n) is 9.03. The second kappa shape index (κ2) is 7.89. The average Bonchev–Trinajstić information content (AvgIpc) is 2.99. The van der Waals surface area contributed by atoms with Crippen LogP contribution in [0.25, 0.3) is 0 Å². The van der Waals surface area contributed by atoms with Crippen LogP contribution in [0.3, 0.4) is 0 Å². The molecule has 4 rings (SSSR count). The molecule has 3 aromatic rings. The Kier molecular flexibility index (Phi) is 5.14. The van der Waals surface area contributed by atoms with E-state index >= 15 is 0 Å². The van der Waals surface area contributed by atoms with Gasteiger partial charge in [-0.2, -0.15) is 0 Å². The lowest BCUT2D eigenvalue weighted by atomic mass is 10.0. The normalized spacial score (nSPS) is 13.9. The maximum absolute atomic E-state index is 13.1. The van der Waals surface area contributed by atoms with Gasteiger partial charge in [-0.25, -0.2) is 4.79 Å². The Bertz CT molecular complexity index is 1060. The molecule has 0 fully saturated rings. The molecule has 0 bridgehead atoms. The molecule has 1 atom stereocenters. The summed E-state index contributed by atoms with van der Waals surface area (Å²) in [5.41, 5.74) is 1.35. The highest BCUT2D eigenvalue weighted by atomic mass is 35.5. The number of imide groups is 1. The average molecular weight is 406 g/mol. The molecule has 1 aliphatic rings. The molecule has 5 nitrogen and oxygen atoms in total. The van der Waals surface area contributed by atoms with Gasteiger partial charge in [0.25, 0.3) is 11.8 Å². The molecule has 1 aliphatic heterocycles. The molecular formula is C23H16ClNO4. The van der Waals surface area contributed by atoms with E-state index in [0.29, 0.717) is 0 Å². The number of nitrogens with zero attached hydrogens (tertiary/aromatic N) is 1. The number of halogens is 1. The second-order valence-corrected chi connectivity index (χ2v) is 6.99. The van der Waals surface area contributed by atoms with Crippen LogP contribution in [-0.2, 0) is 11.2 Å². The standard InChI is InChI=1S/C23H16ClNO4/c24-18-12-6-7-13-20(18)29-23(28)19(14-15-8-2-1-3-9-15)25-21(26)16-10-4-5-11-17(16)22(25)27/h1-13,19H,14H2/t19-/m0/s1. The summed E-state index contributed by atoms with van der Waals surface area (Å²) in [4.78, 5) is 39.9. The van der Waals surface area contributed by atoms with Crippen molar-refractivity contribution in [2.24, 2.45) is 0 Å². The number of hydrogen-bond acceptors (Lipinski definition) is 4. The minimum atomic E-state index is -1.12. The predicted molar refractivity (Wildman–Crippen MR) is 108 cm³/mol. The smallest absolute Gasteiger partial charge is 0.335 e. The third-order valence-electron chi connectivity index (χ3n) is 4.73. The van der Waals surface area contributed by atoms with Crippen LogP contribution in [0.15, 0.2) is 78.9 Å². The molecule has 3 aromatic carbocycles. The van der Waals surface area contributed by atoms with Crippen molar-refractivity contribution in [1.29, 1.82) is 0 Å². The quantitative estimate of drug-likeness (QED) is 0.363. The van der Waals surface area contributed by atoms with Crippen LogP contribution in [0.2, 0.25) is 5.02 Å². The second-order valence-electron chi connectivity index (χ2n) is 6.58. The van der Waals surface area contributed by atoms with E-state index in [1.54, 1.807) is 48.5 Å². The minimum Gasteiger partial charge on any atom is -0.423 e. The van der Waals surface area contributed by atoms with E-state index in [-0.39, 0.29) is 28.3 Å². The van der Waals surface area contributed by atoms with Crippen LogP contribution in [0.1, 0.15) is 26.3 Å². The molecule has 0 saturated carbocycles. The van der Waals surface area contributed by atoms with Gasteiger partial charge in [0.05, 0.1) is 16.1 Å². The van der Waals surface area contributed by atoms with Crippen molar-refractivity contribution in [3.05, 3.63) is 101 Å². The van der Waals surface area contributed by atoms with E-state index in [1.807, 2.05) is 30.3 Å². The van der Waals surface area contributed by atoms with Gasteiger partial charge in [0.15, 0.2) is 0 Å². The molecule has 29 heavy (non-hydrogen) atoms. The van der Waals surface area contributed by atoms with Crippen molar-refractivity contribution in [3.63, 3.8) is 0 Å². The first-order chi connectivity index (χ1) is 14.1. The summed E-state index contributed by atoms with van der Waals surface area (Å²) >= 11 is 6.10. The highest BCUT2D eigenvalue weighted by Crippen LogP contribution is 2.28. The molecule has 0 aliphatic carbocycles. The van der Waals surface area contributed by atoms with Gasteiger partial charge >= 0.3 is 5.97 Å². The van der Waals surface area contributed by atoms with Crippen molar-refractivity contribution in [2.45, 2.75) is 12.5 Å². The Hall–Kier alpha value is -3.44. The number of hydrogen-bond donors (Lipinski definition) is 0. The van der Waals surface area contributed by atoms with E-state index in [1.165, 1.54) is 0 Å². The van der Waals surface area contributed by atoms with Crippen molar-refractivity contribution in [1.82, 2.24) is 4.90 Å². The fourth-order valence-corrected chi connectivity index (χ4v) is 3.49. The lowest BCUT2D eigenvalue weighted by Gasteiger charge is -2.24. The lowest BCUT2D eigenvalue weighted by Crippen LogP contribution is -2.48. The number of para-hydroxylation sites is 1. The molecule has 0 unspecified atom stereocenters. The van der Waals surface area contributed by atoms with Gasteiger partial charge < -0.3 is 4.74 Å². The molecule has 6 heteroatoms. The number of fused-ring (bicyclic) bond motifs is 1. The zero-order valence-electron chi connectivity index (χ0n) is 15.2. The summed E-state index contributed by atoms with van der Waals surface area (Å²) in [6, 6.07) is 21.1. The summed E-state index contributed by atoms with van der Waals surface area (Å²) in [7, 11) is 0. The van der Waals surface area contributed by atoms with Gasteiger partial charge in [-0.1, -0.05) is 66.2 Å². The number of ether oxygens (including phenoxy) is 1. The third kappa shape index (κ3) is 3.65. The Labute approximate surface area is 172 Å². The fraction of sp³-hybridized carbons (Fsp3) is 0.0870. The molecule has 2 amide bonds. The van der Waals surface area contributed by atoms with Crippen LogP contribution >= 0.6 is 11.6 Å². The van der Waals surface area contributed by atoms with Crippen LogP contribution in [0.5, 0.6) is 5.75 Å². The predicted octanol–water partition coefficient (Wildman–Crippen LogP) is 4.15. The van der Waals surface area contributed by atoms with Crippen molar-refractivity contribution in [2.75, 3.05) is 0 Å². The molecule has 0 aromatic heterocycles. The first kappa shape index (κ1) is 18.9. The molecule has 1 heterocycles. The highest BCUT2D eigenvalue weighted by molar-refractivity contribution is 6.32. The Morgan fingerprint density at radius 2 is 1.38 bits per heavy atom. The summed E-state index contributed by atoms with van der Waals surface area (Å²) in [5, 5.41) is 0.265.